The van der Waals surface area contributed by atoms with Crippen LogP contribution in [-0.2, 0) is 9.59 Å². The number of hydrogen-bond acceptors (Lipinski definition) is 2. The lowest BCUT2D eigenvalue weighted by molar-refractivity contribution is -0.138. The summed E-state index contributed by atoms with van der Waals surface area (Å²) in [5.41, 5.74) is -0.988. The summed E-state index contributed by atoms with van der Waals surface area (Å²) in [5.74, 6) is -0.457. The number of halogens is 3. The van der Waals surface area contributed by atoms with Crippen LogP contribution in [0.4, 0.5) is 13.2 Å². The maximum absolute atomic E-state index is 12.1. The molecule has 4 nitrogen and oxygen atoms in total. The third-order valence-corrected chi connectivity index (χ3v) is 3.02. The highest BCUT2D eigenvalue weighted by Gasteiger charge is 2.36. The van der Waals surface area contributed by atoms with Gasteiger partial charge in [0.1, 0.15) is 5.54 Å². The highest BCUT2D eigenvalue weighted by molar-refractivity contribution is 5.92. The van der Waals surface area contributed by atoms with Gasteiger partial charge < -0.3 is 10.2 Å². The molecule has 0 unspecified atom stereocenters. The second-order valence-electron chi connectivity index (χ2n) is 5.29. The average molecular weight is 280 g/mol. The summed E-state index contributed by atoms with van der Waals surface area (Å²) in [6.07, 6.45) is -4.52. The Kier molecular flexibility index (Phi) is 4.81. The van der Waals surface area contributed by atoms with Gasteiger partial charge in [0.25, 0.3) is 0 Å². The van der Waals surface area contributed by atoms with Crippen LogP contribution in [0.5, 0.6) is 0 Å². The topological polar surface area (TPSA) is 49.4 Å². The summed E-state index contributed by atoms with van der Waals surface area (Å²) in [5, 5.41) is 2.60. The number of carbonyl (C=O) groups is 2. The molecule has 1 N–H and O–H groups in total. The fourth-order valence-electron chi connectivity index (χ4n) is 2.04. The number of alkyl halides is 3. The van der Waals surface area contributed by atoms with E-state index in [0.717, 1.165) is 0 Å². The lowest BCUT2D eigenvalue weighted by Gasteiger charge is -2.28. The van der Waals surface area contributed by atoms with Gasteiger partial charge in [-0.05, 0) is 26.7 Å². The van der Waals surface area contributed by atoms with Crippen molar-refractivity contribution in [2.75, 3.05) is 13.1 Å². The van der Waals surface area contributed by atoms with Gasteiger partial charge in [0, 0.05) is 25.9 Å². The van der Waals surface area contributed by atoms with Crippen molar-refractivity contribution >= 4 is 11.8 Å². The van der Waals surface area contributed by atoms with Crippen LogP contribution in [0, 0.1) is 0 Å². The van der Waals surface area contributed by atoms with Gasteiger partial charge in [-0.1, -0.05) is 0 Å². The normalized spacial score (nSPS) is 20.2. The Labute approximate surface area is 110 Å². The van der Waals surface area contributed by atoms with Crippen molar-refractivity contribution in [1.82, 2.24) is 10.2 Å². The van der Waals surface area contributed by atoms with Gasteiger partial charge in [-0.25, -0.2) is 0 Å². The fraction of sp³-hybridized carbons (Fsp3) is 0.833. The standard InChI is InChI=1S/C12H19F3N2O2/c1-11(2)10(19)17(8-5-9(18)16-11)7-4-3-6-12(13,14)15/h3-8H2,1-2H3,(H,16,18). The van der Waals surface area contributed by atoms with E-state index < -0.39 is 18.1 Å². The minimum atomic E-state index is -4.15. The zero-order valence-corrected chi connectivity index (χ0v) is 11.1. The molecule has 2 amide bonds. The van der Waals surface area contributed by atoms with Gasteiger partial charge in [-0.15, -0.1) is 0 Å². The molecular weight excluding hydrogens is 261 g/mol. The minimum absolute atomic E-state index is 0.00488. The quantitative estimate of drug-likeness (QED) is 0.799. The van der Waals surface area contributed by atoms with E-state index in [1.54, 1.807) is 13.8 Å². The predicted octanol–water partition coefficient (Wildman–Crippen LogP) is 1.85. The molecule has 7 heteroatoms. The Hall–Kier alpha value is -1.27. The Morgan fingerprint density at radius 1 is 1.26 bits per heavy atom. The molecule has 1 rings (SSSR count). The van der Waals surface area contributed by atoms with Crippen molar-refractivity contribution in [3.8, 4) is 0 Å². The summed E-state index contributed by atoms with van der Waals surface area (Å²) in [6.45, 7) is 3.72. The van der Waals surface area contributed by atoms with Gasteiger partial charge in [0.15, 0.2) is 0 Å². The first kappa shape index (κ1) is 15.8. The fourth-order valence-corrected chi connectivity index (χ4v) is 2.04. The number of rotatable bonds is 4. The number of nitrogens with one attached hydrogen (secondary N) is 1. The molecule has 0 aromatic rings. The number of hydrogen-bond donors (Lipinski definition) is 1. The van der Waals surface area contributed by atoms with Crippen LogP contribution in [0.3, 0.4) is 0 Å². The number of nitrogens with zero attached hydrogens (tertiary/aromatic N) is 1. The summed E-state index contributed by atoms with van der Waals surface area (Å²) < 4.78 is 36.0. The monoisotopic (exact) mass is 280 g/mol. The summed E-state index contributed by atoms with van der Waals surface area (Å²) >= 11 is 0. The van der Waals surface area contributed by atoms with E-state index >= 15 is 0 Å². The molecule has 0 aromatic heterocycles. The lowest BCUT2D eigenvalue weighted by atomic mass is 10.0. The first-order chi connectivity index (χ1) is 8.62. The van der Waals surface area contributed by atoms with Crippen molar-refractivity contribution in [1.29, 1.82) is 0 Å². The van der Waals surface area contributed by atoms with E-state index in [1.807, 2.05) is 0 Å². The molecule has 0 aromatic carbocycles. The average Bonchev–Trinajstić information content (AvgIpc) is 2.33. The molecule has 19 heavy (non-hydrogen) atoms. The van der Waals surface area contributed by atoms with Gasteiger partial charge in [0.05, 0.1) is 0 Å². The molecule has 1 heterocycles. The maximum Gasteiger partial charge on any atom is 0.389 e. The predicted molar refractivity (Wildman–Crippen MR) is 63.3 cm³/mol. The molecule has 1 aliphatic rings. The molecule has 0 bridgehead atoms. The number of carbonyl (C=O) groups excluding carboxylic acids is 2. The van der Waals surface area contributed by atoms with E-state index in [9.17, 15) is 22.8 Å². The Morgan fingerprint density at radius 2 is 1.89 bits per heavy atom. The summed E-state index contributed by atoms with van der Waals surface area (Å²) in [7, 11) is 0. The molecule has 0 atom stereocenters. The van der Waals surface area contributed by atoms with Crippen molar-refractivity contribution in [3.63, 3.8) is 0 Å². The molecule has 0 spiro atoms. The van der Waals surface area contributed by atoms with Gasteiger partial charge in [-0.2, -0.15) is 13.2 Å². The van der Waals surface area contributed by atoms with E-state index in [4.69, 9.17) is 0 Å². The molecule has 110 valence electrons. The number of unbranched alkanes of at least 4 members (excludes halogenated alkanes) is 1. The van der Waals surface area contributed by atoms with Gasteiger partial charge in [-0.3, -0.25) is 9.59 Å². The van der Waals surface area contributed by atoms with Crippen molar-refractivity contribution in [3.05, 3.63) is 0 Å². The van der Waals surface area contributed by atoms with Crippen molar-refractivity contribution < 1.29 is 22.8 Å². The second kappa shape index (κ2) is 5.79. The van der Waals surface area contributed by atoms with E-state index in [-0.39, 0.29) is 44.2 Å². The van der Waals surface area contributed by atoms with E-state index in [0.29, 0.717) is 0 Å². The Balaban J connectivity index is 2.48. The maximum atomic E-state index is 12.1. The van der Waals surface area contributed by atoms with Crippen LogP contribution in [-0.4, -0.2) is 41.5 Å². The third kappa shape index (κ3) is 5.08. The van der Waals surface area contributed by atoms with Crippen molar-refractivity contribution in [2.45, 2.75) is 51.2 Å². The summed E-state index contributed by atoms with van der Waals surface area (Å²) in [4.78, 5) is 25.0. The highest BCUT2D eigenvalue weighted by Crippen LogP contribution is 2.22. The lowest BCUT2D eigenvalue weighted by Crippen LogP contribution is -2.52. The first-order valence-electron chi connectivity index (χ1n) is 6.29. The molecular formula is C12H19F3N2O2. The smallest absolute Gasteiger partial charge is 0.342 e. The Bertz CT molecular complexity index is 353. The second-order valence-corrected chi connectivity index (χ2v) is 5.29. The number of amides is 2. The van der Waals surface area contributed by atoms with Gasteiger partial charge in [0.2, 0.25) is 11.8 Å². The largest absolute Gasteiger partial charge is 0.389 e. The zero-order valence-electron chi connectivity index (χ0n) is 11.1. The van der Waals surface area contributed by atoms with Crippen LogP contribution >= 0.6 is 0 Å². The van der Waals surface area contributed by atoms with Crippen LogP contribution in [0.15, 0.2) is 0 Å². The molecule has 1 saturated heterocycles. The molecule has 1 fully saturated rings. The zero-order chi connectivity index (χ0) is 14.7. The van der Waals surface area contributed by atoms with Crippen LogP contribution in [0.2, 0.25) is 0 Å². The van der Waals surface area contributed by atoms with E-state index in [1.165, 1.54) is 4.90 Å². The first-order valence-corrected chi connectivity index (χ1v) is 6.29. The van der Waals surface area contributed by atoms with Crippen molar-refractivity contribution in [2.24, 2.45) is 0 Å². The van der Waals surface area contributed by atoms with Crippen LogP contribution < -0.4 is 5.32 Å². The molecule has 0 saturated carbocycles. The van der Waals surface area contributed by atoms with E-state index in [2.05, 4.69) is 5.32 Å². The molecule has 1 aliphatic heterocycles. The molecule has 0 aliphatic carbocycles. The van der Waals surface area contributed by atoms with Crippen LogP contribution in [0.1, 0.15) is 39.5 Å². The Morgan fingerprint density at radius 3 is 2.47 bits per heavy atom. The highest BCUT2D eigenvalue weighted by atomic mass is 19.4. The minimum Gasteiger partial charge on any atom is -0.342 e. The SMILES string of the molecule is CC1(C)NC(=O)CCN(CCCCC(F)(F)F)C1=O. The van der Waals surface area contributed by atoms with Gasteiger partial charge >= 0.3 is 6.18 Å². The summed E-state index contributed by atoms with van der Waals surface area (Å²) in [6, 6.07) is 0. The molecule has 0 radical (unpaired) electrons. The third-order valence-electron chi connectivity index (χ3n) is 3.02. The van der Waals surface area contributed by atoms with Crippen LogP contribution in [0.25, 0.3) is 0 Å².